The van der Waals surface area contributed by atoms with Gasteiger partial charge in [0, 0.05) is 30.7 Å². The van der Waals surface area contributed by atoms with Crippen LogP contribution in [0.4, 0.5) is 0 Å². The Morgan fingerprint density at radius 3 is 2.27 bits per heavy atom. The van der Waals surface area contributed by atoms with Crippen molar-refractivity contribution in [1.82, 2.24) is 14.5 Å². The van der Waals surface area contributed by atoms with Crippen molar-refractivity contribution in [3.05, 3.63) is 29.8 Å². The van der Waals surface area contributed by atoms with Gasteiger partial charge >= 0.3 is 0 Å². The van der Waals surface area contributed by atoms with Gasteiger partial charge in [-0.15, -0.1) is 0 Å². The van der Waals surface area contributed by atoms with Gasteiger partial charge in [-0.05, 0) is 57.8 Å². The van der Waals surface area contributed by atoms with Crippen molar-refractivity contribution < 1.29 is 13.2 Å². The average Bonchev–Trinajstić information content (AvgIpc) is 2.74. The maximum Gasteiger partial charge on any atom is 0.243 e. The van der Waals surface area contributed by atoms with Crippen LogP contribution >= 0.6 is 0 Å². The highest BCUT2D eigenvalue weighted by Crippen LogP contribution is 2.31. The smallest absolute Gasteiger partial charge is 0.243 e. The number of piperidine rings is 1. The van der Waals surface area contributed by atoms with E-state index in [2.05, 4.69) is 31.2 Å². The molecule has 168 valence electrons. The molecule has 0 amide bonds. The van der Waals surface area contributed by atoms with E-state index in [1.54, 1.807) is 28.6 Å². The first kappa shape index (κ1) is 23.4. The van der Waals surface area contributed by atoms with Crippen molar-refractivity contribution in [2.75, 3.05) is 40.3 Å². The number of benzene rings is 1. The van der Waals surface area contributed by atoms with Gasteiger partial charge in [0.25, 0.3) is 0 Å². The quantitative estimate of drug-likeness (QED) is 0.635. The lowest BCUT2D eigenvalue weighted by atomic mass is 9.80. The molecule has 0 atom stereocenters. The average molecular weight is 436 g/mol. The Labute approximate surface area is 182 Å². The minimum atomic E-state index is -3.48. The maximum absolute atomic E-state index is 12.8. The Morgan fingerprint density at radius 2 is 1.70 bits per heavy atom. The lowest BCUT2D eigenvalue weighted by molar-refractivity contribution is 0.0905. The third-order valence-corrected chi connectivity index (χ3v) is 8.94. The Bertz CT molecular complexity index is 807. The van der Waals surface area contributed by atoms with Crippen LogP contribution in [-0.2, 0) is 10.0 Å². The predicted octanol–water partition coefficient (Wildman–Crippen LogP) is 3.14. The fourth-order valence-corrected chi connectivity index (χ4v) is 6.16. The van der Waals surface area contributed by atoms with Gasteiger partial charge in [0.05, 0.1) is 11.4 Å². The summed E-state index contributed by atoms with van der Waals surface area (Å²) >= 11 is 0. The Balaban J connectivity index is 1.57. The molecule has 0 aromatic heterocycles. The molecule has 1 saturated carbocycles. The number of Topliss-reactive ketones (excluding diaryl/α,β-unsaturated/α-hetero) is 1. The molecule has 30 heavy (non-hydrogen) atoms. The van der Waals surface area contributed by atoms with Gasteiger partial charge in [-0.2, -0.15) is 4.31 Å². The number of nitrogens with zero attached hydrogens (tertiary/aromatic N) is 2. The summed E-state index contributed by atoms with van der Waals surface area (Å²) in [4.78, 5) is 15.2. The Hall–Kier alpha value is -1.28. The van der Waals surface area contributed by atoms with E-state index in [0.717, 1.165) is 32.2 Å². The van der Waals surface area contributed by atoms with E-state index in [-0.39, 0.29) is 22.8 Å². The molecular weight excluding hydrogens is 398 g/mol. The Kier molecular flexibility index (Phi) is 7.71. The highest BCUT2D eigenvalue weighted by Gasteiger charge is 2.34. The number of carbonyl (C=O) groups is 1. The molecule has 7 heteroatoms. The van der Waals surface area contributed by atoms with Gasteiger partial charge in [-0.1, -0.05) is 38.3 Å². The third kappa shape index (κ3) is 5.31. The van der Waals surface area contributed by atoms with Crippen LogP contribution in [0.5, 0.6) is 0 Å². The first-order valence-corrected chi connectivity index (χ1v) is 12.7. The second-order valence-electron chi connectivity index (χ2n) is 9.32. The second-order valence-corrected chi connectivity index (χ2v) is 11.3. The zero-order valence-electron chi connectivity index (χ0n) is 18.7. The lowest BCUT2D eigenvalue weighted by Gasteiger charge is -2.43. The molecule has 0 spiro atoms. The van der Waals surface area contributed by atoms with Crippen molar-refractivity contribution >= 4 is 15.8 Å². The van der Waals surface area contributed by atoms with E-state index >= 15 is 0 Å². The van der Waals surface area contributed by atoms with E-state index in [9.17, 15) is 13.2 Å². The fraction of sp³-hybridized carbons (Fsp3) is 0.696. The molecule has 0 unspecified atom stereocenters. The van der Waals surface area contributed by atoms with E-state index in [0.29, 0.717) is 24.6 Å². The van der Waals surface area contributed by atoms with Crippen LogP contribution in [-0.4, -0.2) is 69.2 Å². The van der Waals surface area contributed by atoms with Crippen LogP contribution in [0.1, 0.15) is 62.2 Å². The summed E-state index contributed by atoms with van der Waals surface area (Å²) in [6.07, 6.45) is 7.87. The van der Waals surface area contributed by atoms with Gasteiger partial charge in [0.2, 0.25) is 10.0 Å². The highest BCUT2D eigenvalue weighted by atomic mass is 32.2. The SMILES string of the molecule is CC1CCN(S(=O)(=O)c2ccc(C(=O)CNCC3(N(C)C)CCCCC3)cc2)CC1. The van der Waals surface area contributed by atoms with Crippen LogP contribution in [0.25, 0.3) is 0 Å². The summed E-state index contributed by atoms with van der Waals surface area (Å²) in [6, 6.07) is 6.43. The number of sulfonamides is 1. The molecule has 2 fully saturated rings. The number of rotatable bonds is 8. The minimum absolute atomic E-state index is 0.00420. The highest BCUT2D eigenvalue weighted by molar-refractivity contribution is 7.89. The zero-order valence-corrected chi connectivity index (χ0v) is 19.5. The molecule has 1 aliphatic heterocycles. The number of carbonyl (C=O) groups excluding carboxylic acids is 1. The van der Waals surface area contributed by atoms with Crippen LogP contribution in [0.3, 0.4) is 0 Å². The topological polar surface area (TPSA) is 69.7 Å². The van der Waals surface area contributed by atoms with Gasteiger partial charge in [-0.25, -0.2) is 8.42 Å². The normalized spacial score (nSPS) is 21.1. The van der Waals surface area contributed by atoms with Crippen molar-refractivity contribution in [1.29, 1.82) is 0 Å². The number of ketones is 1. The van der Waals surface area contributed by atoms with Crippen molar-refractivity contribution in [3.63, 3.8) is 0 Å². The van der Waals surface area contributed by atoms with E-state index in [4.69, 9.17) is 0 Å². The minimum Gasteiger partial charge on any atom is -0.308 e. The molecule has 1 aromatic carbocycles. The van der Waals surface area contributed by atoms with Crippen LogP contribution in [0.2, 0.25) is 0 Å². The molecule has 3 rings (SSSR count). The molecule has 1 heterocycles. The number of hydrogen-bond acceptors (Lipinski definition) is 5. The molecule has 0 radical (unpaired) electrons. The summed E-state index contributed by atoms with van der Waals surface area (Å²) < 4.78 is 27.3. The largest absolute Gasteiger partial charge is 0.308 e. The molecule has 1 aromatic rings. The first-order valence-electron chi connectivity index (χ1n) is 11.3. The van der Waals surface area contributed by atoms with Crippen molar-refractivity contribution in [3.8, 4) is 0 Å². The molecule has 2 aliphatic rings. The fourth-order valence-electron chi connectivity index (χ4n) is 4.69. The van der Waals surface area contributed by atoms with Crippen molar-refractivity contribution in [2.45, 2.75) is 62.3 Å². The second kappa shape index (κ2) is 9.90. The molecule has 1 saturated heterocycles. The van der Waals surface area contributed by atoms with Gasteiger partial charge in [0.15, 0.2) is 5.78 Å². The number of nitrogens with one attached hydrogen (secondary N) is 1. The van der Waals surface area contributed by atoms with Gasteiger partial charge in [-0.3, -0.25) is 4.79 Å². The van der Waals surface area contributed by atoms with E-state index in [1.165, 1.54) is 19.3 Å². The molecule has 6 nitrogen and oxygen atoms in total. The van der Waals surface area contributed by atoms with Crippen LogP contribution < -0.4 is 5.32 Å². The zero-order chi connectivity index (χ0) is 21.8. The predicted molar refractivity (Wildman–Crippen MR) is 120 cm³/mol. The summed E-state index contributed by atoms with van der Waals surface area (Å²) in [5.41, 5.74) is 0.679. The van der Waals surface area contributed by atoms with Gasteiger partial charge < -0.3 is 10.2 Å². The van der Waals surface area contributed by atoms with E-state index in [1.807, 2.05) is 0 Å². The molecule has 1 aliphatic carbocycles. The summed E-state index contributed by atoms with van der Waals surface area (Å²) in [6.45, 7) is 4.37. The Morgan fingerprint density at radius 1 is 1.10 bits per heavy atom. The van der Waals surface area contributed by atoms with Crippen molar-refractivity contribution in [2.24, 2.45) is 5.92 Å². The van der Waals surface area contributed by atoms with Crippen LogP contribution in [0.15, 0.2) is 29.2 Å². The molecular formula is C23H37N3O3S. The third-order valence-electron chi connectivity index (χ3n) is 7.03. The summed E-state index contributed by atoms with van der Waals surface area (Å²) in [5.74, 6) is 0.569. The number of hydrogen-bond donors (Lipinski definition) is 1. The molecule has 1 N–H and O–H groups in total. The number of likely N-dealkylation sites (N-methyl/N-ethyl adjacent to an activating group) is 1. The van der Waals surface area contributed by atoms with Gasteiger partial charge in [0.1, 0.15) is 0 Å². The first-order chi connectivity index (χ1) is 14.2. The van der Waals surface area contributed by atoms with Crippen LogP contribution in [0, 0.1) is 5.92 Å². The van der Waals surface area contributed by atoms with E-state index < -0.39 is 10.0 Å². The summed E-state index contributed by atoms with van der Waals surface area (Å²) in [5, 5.41) is 3.36. The molecule has 0 bridgehead atoms. The monoisotopic (exact) mass is 435 g/mol. The standard InChI is InChI=1S/C23H37N3O3S/c1-19-11-15-26(16-12-19)30(28,29)21-9-7-20(8-10-21)22(27)17-24-18-23(25(2)3)13-5-4-6-14-23/h7-10,19,24H,4-6,11-18H2,1-3H3. The summed E-state index contributed by atoms with van der Waals surface area (Å²) in [7, 11) is 0.768. The lowest BCUT2D eigenvalue weighted by Crippen LogP contribution is -2.53. The maximum atomic E-state index is 12.8.